The molecule has 0 aromatic carbocycles. The van der Waals surface area contributed by atoms with Gasteiger partial charge in [-0.25, -0.2) is 4.98 Å². The third-order valence-corrected chi connectivity index (χ3v) is 5.05. The number of H-pyrrole nitrogens is 1. The number of aromatic amines is 1. The molecule has 2 aliphatic heterocycles. The molecule has 5 nitrogen and oxygen atoms in total. The summed E-state index contributed by atoms with van der Waals surface area (Å²) in [6.45, 7) is 3.89. The van der Waals surface area contributed by atoms with Crippen LogP contribution in [0.15, 0.2) is 30.6 Å². The Bertz CT molecular complexity index is 748. The highest BCUT2D eigenvalue weighted by atomic mass is 16.2. The fraction of sp³-hybridized carbons (Fsp3) is 0.444. The number of hydrogen-bond acceptors (Lipinski definition) is 3. The number of fused-ring (bicyclic) bond motifs is 1. The van der Waals surface area contributed by atoms with Crippen LogP contribution in [-0.2, 0) is 4.79 Å². The Kier molecular flexibility index (Phi) is 3.87. The van der Waals surface area contributed by atoms with Crippen molar-refractivity contribution in [3.8, 4) is 0 Å². The minimum absolute atomic E-state index is 0.222. The molecule has 1 fully saturated rings. The van der Waals surface area contributed by atoms with E-state index in [9.17, 15) is 4.79 Å². The van der Waals surface area contributed by atoms with Gasteiger partial charge in [0.1, 0.15) is 5.65 Å². The normalized spacial score (nSPS) is 22.3. The molecule has 2 aromatic rings. The third kappa shape index (κ3) is 2.88. The van der Waals surface area contributed by atoms with Crippen LogP contribution in [0.5, 0.6) is 0 Å². The molecule has 0 aliphatic carbocycles. The van der Waals surface area contributed by atoms with Crippen LogP contribution in [0.2, 0.25) is 0 Å². The van der Waals surface area contributed by atoms with Crippen molar-refractivity contribution in [3.05, 3.63) is 36.2 Å². The van der Waals surface area contributed by atoms with Gasteiger partial charge in [-0.15, -0.1) is 0 Å². The van der Waals surface area contributed by atoms with Crippen molar-refractivity contribution >= 4 is 22.5 Å². The zero-order valence-electron chi connectivity index (χ0n) is 13.2. The van der Waals surface area contributed by atoms with E-state index in [-0.39, 0.29) is 11.8 Å². The van der Waals surface area contributed by atoms with Crippen LogP contribution in [0.1, 0.15) is 24.8 Å². The molecule has 2 aromatic heterocycles. The highest BCUT2D eigenvalue weighted by Crippen LogP contribution is 2.28. The van der Waals surface area contributed by atoms with Crippen molar-refractivity contribution < 1.29 is 4.79 Å². The van der Waals surface area contributed by atoms with Crippen LogP contribution in [-0.4, -0.2) is 47.0 Å². The van der Waals surface area contributed by atoms with Crippen molar-refractivity contribution in [1.82, 2.24) is 20.2 Å². The molecule has 2 aliphatic rings. The third-order valence-electron chi connectivity index (χ3n) is 5.05. The Morgan fingerprint density at radius 3 is 3.13 bits per heavy atom. The summed E-state index contributed by atoms with van der Waals surface area (Å²) < 4.78 is 0. The van der Waals surface area contributed by atoms with Crippen LogP contribution in [0.25, 0.3) is 16.6 Å². The Balaban J connectivity index is 1.40. The first-order chi connectivity index (χ1) is 11.3. The van der Waals surface area contributed by atoms with E-state index in [1.54, 1.807) is 0 Å². The molecule has 1 saturated heterocycles. The quantitative estimate of drug-likeness (QED) is 0.910. The highest BCUT2D eigenvalue weighted by molar-refractivity contribution is 5.90. The van der Waals surface area contributed by atoms with Gasteiger partial charge in [-0.2, -0.15) is 0 Å². The number of amides is 1. The van der Waals surface area contributed by atoms with E-state index in [0.717, 1.165) is 51.1 Å². The molecule has 23 heavy (non-hydrogen) atoms. The monoisotopic (exact) mass is 310 g/mol. The largest absolute Gasteiger partial charge is 0.356 e. The van der Waals surface area contributed by atoms with Gasteiger partial charge in [-0.3, -0.25) is 9.69 Å². The topological polar surface area (TPSA) is 61.0 Å². The summed E-state index contributed by atoms with van der Waals surface area (Å²) in [5.74, 6) is 0.463. The maximum absolute atomic E-state index is 11.6. The van der Waals surface area contributed by atoms with Gasteiger partial charge >= 0.3 is 0 Å². The maximum Gasteiger partial charge on any atom is 0.223 e. The van der Waals surface area contributed by atoms with Crippen LogP contribution >= 0.6 is 0 Å². The predicted molar refractivity (Wildman–Crippen MR) is 90.9 cm³/mol. The molecule has 0 saturated carbocycles. The average molecular weight is 310 g/mol. The number of pyridine rings is 1. The first-order valence-corrected chi connectivity index (χ1v) is 8.43. The number of carbonyl (C=O) groups is 1. The Labute approximate surface area is 135 Å². The van der Waals surface area contributed by atoms with E-state index in [2.05, 4.69) is 38.5 Å². The number of aromatic nitrogens is 2. The first kappa shape index (κ1) is 14.5. The molecule has 1 unspecified atom stereocenters. The van der Waals surface area contributed by atoms with Crippen molar-refractivity contribution in [2.24, 2.45) is 5.92 Å². The summed E-state index contributed by atoms with van der Waals surface area (Å²) in [6, 6.07) is 4.11. The van der Waals surface area contributed by atoms with Gasteiger partial charge in [0.15, 0.2) is 0 Å². The summed E-state index contributed by atoms with van der Waals surface area (Å²) in [5.41, 5.74) is 3.64. The minimum Gasteiger partial charge on any atom is -0.356 e. The van der Waals surface area contributed by atoms with Gasteiger partial charge in [0.2, 0.25) is 5.91 Å². The van der Waals surface area contributed by atoms with Gasteiger partial charge in [0.05, 0.1) is 0 Å². The molecular formula is C18H22N4O. The van der Waals surface area contributed by atoms with Crippen LogP contribution < -0.4 is 5.32 Å². The van der Waals surface area contributed by atoms with Gasteiger partial charge in [-0.1, -0.05) is 6.08 Å². The number of nitrogens with zero attached hydrogens (tertiary/aromatic N) is 2. The van der Waals surface area contributed by atoms with Gasteiger partial charge in [-0.05, 0) is 43.5 Å². The maximum atomic E-state index is 11.6. The van der Waals surface area contributed by atoms with Crippen LogP contribution in [0.3, 0.4) is 0 Å². The summed E-state index contributed by atoms with van der Waals surface area (Å²) in [7, 11) is 0. The number of hydrogen-bond donors (Lipinski definition) is 2. The highest BCUT2D eigenvalue weighted by Gasteiger charge is 2.24. The molecule has 0 radical (unpaired) electrons. The van der Waals surface area contributed by atoms with E-state index in [4.69, 9.17) is 0 Å². The Hall–Kier alpha value is -2.14. The lowest BCUT2D eigenvalue weighted by Gasteiger charge is -2.27. The van der Waals surface area contributed by atoms with Crippen molar-refractivity contribution in [2.75, 3.05) is 26.2 Å². The lowest BCUT2D eigenvalue weighted by molar-refractivity contribution is -0.122. The molecule has 4 heterocycles. The van der Waals surface area contributed by atoms with Gasteiger partial charge in [0, 0.05) is 48.9 Å². The molecule has 2 N–H and O–H groups in total. The molecule has 5 heteroatoms. The van der Waals surface area contributed by atoms with E-state index in [1.807, 2.05) is 12.3 Å². The second kappa shape index (κ2) is 6.16. The molecule has 120 valence electrons. The lowest BCUT2D eigenvalue weighted by atomic mass is 9.98. The average Bonchev–Trinajstić information content (AvgIpc) is 3.20. The van der Waals surface area contributed by atoms with Gasteiger partial charge in [0.25, 0.3) is 0 Å². The van der Waals surface area contributed by atoms with E-state index in [1.165, 1.54) is 16.5 Å². The summed E-state index contributed by atoms with van der Waals surface area (Å²) in [5, 5.41) is 4.12. The van der Waals surface area contributed by atoms with E-state index < -0.39 is 0 Å². The zero-order valence-corrected chi connectivity index (χ0v) is 13.2. The van der Waals surface area contributed by atoms with Crippen LogP contribution in [0.4, 0.5) is 0 Å². The van der Waals surface area contributed by atoms with Crippen molar-refractivity contribution in [1.29, 1.82) is 0 Å². The van der Waals surface area contributed by atoms with Gasteiger partial charge < -0.3 is 10.3 Å². The standard InChI is InChI=1S/C18H22N4O/c23-18-14(3-8-20-18)6-11-22-9-4-13(5-10-22)16-12-21-17-15(16)2-1-7-19-17/h1-2,4,7,12,14H,3,5-6,8-11H2,(H,19,21)(H,20,23). The fourth-order valence-electron chi connectivity index (χ4n) is 3.64. The fourth-order valence-corrected chi connectivity index (χ4v) is 3.64. The van der Waals surface area contributed by atoms with Crippen molar-refractivity contribution in [2.45, 2.75) is 19.3 Å². The summed E-state index contributed by atoms with van der Waals surface area (Å²) >= 11 is 0. The minimum atomic E-state index is 0.222. The second-order valence-electron chi connectivity index (χ2n) is 6.45. The molecular weight excluding hydrogens is 288 g/mol. The molecule has 0 spiro atoms. The predicted octanol–water partition coefficient (Wildman–Crippen LogP) is 2.18. The second-order valence-corrected chi connectivity index (χ2v) is 6.45. The summed E-state index contributed by atoms with van der Waals surface area (Å²) in [6.07, 6.45) is 9.25. The first-order valence-electron chi connectivity index (χ1n) is 8.43. The van der Waals surface area contributed by atoms with Crippen molar-refractivity contribution in [3.63, 3.8) is 0 Å². The Morgan fingerprint density at radius 2 is 2.35 bits per heavy atom. The number of nitrogens with one attached hydrogen (secondary N) is 2. The van der Waals surface area contributed by atoms with Crippen LogP contribution in [0, 0.1) is 5.92 Å². The molecule has 1 amide bonds. The number of rotatable bonds is 4. The molecule has 1 atom stereocenters. The number of carbonyl (C=O) groups excluding carboxylic acids is 1. The van der Waals surface area contributed by atoms with E-state index in [0.29, 0.717) is 0 Å². The zero-order chi connectivity index (χ0) is 15.6. The molecule has 0 bridgehead atoms. The smallest absolute Gasteiger partial charge is 0.223 e. The van der Waals surface area contributed by atoms with E-state index >= 15 is 0 Å². The Morgan fingerprint density at radius 1 is 1.39 bits per heavy atom. The summed E-state index contributed by atoms with van der Waals surface area (Å²) in [4.78, 5) is 21.7. The SMILES string of the molecule is O=C1NCCC1CCN1CC=C(c2c[nH]c3ncccc23)CC1. The molecule has 4 rings (SSSR count). The lowest BCUT2D eigenvalue weighted by Crippen LogP contribution is -2.31.